The van der Waals surface area contributed by atoms with E-state index in [2.05, 4.69) is 11.3 Å². The Morgan fingerprint density at radius 3 is 2.64 bits per heavy atom. The van der Waals surface area contributed by atoms with Crippen molar-refractivity contribution in [2.24, 2.45) is 11.5 Å². The Bertz CT molecular complexity index is 145. The fourth-order valence-corrected chi connectivity index (χ4v) is 0.389. The van der Waals surface area contributed by atoms with Crippen LogP contribution in [0.4, 0.5) is 0 Å². The van der Waals surface area contributed by atoms with Gasteiger partial charge in [-0.15, -0.1) is 0 Å². The van der Waals surface area contributed by atoms with Gasteiger partial charge in [-0.3, -0.25) is 0 Å². The van der Waals surface area contributed by atoms with E-state index in [1.165, 1.54) is 0 Å². The SMILES string of the molecule is C=CC(=O)OCC(N)C(C)N. The topological polar surface area (TPSA) is 78.3 Å². The van der Waals surface area contributed by atoms with E-state index < -0.39 is 5.97 Å². The first kappa shape index (κ1) is 10.1. The van der Waals surface area contributed by atoms with Crippen LogP contribution in [-0.2, 0) is 9.53 Å². The summed E-state index contributed by atoms with van der Waals surface area (Å²) in [7, 11) is 0. The molecule has 0 radical (unpaired) electrons. The number of carbonyl (C=O) groups excluding carboxylic acids is 1. The predicted octanol–water partition coefficient (Wildman–Crippen LogP) is -0.610. The van der Waals surface area contributed by atoms with Gasteiger partial charge < -0.3 is 16.2 Å². The molecule has 0 bridgehead atoms. The number of carbonyl (C=O) groups is 1. The standard InChI is InChI=1S/C7H14N2O2/c1-3-7(10)11-4-6(9)5(2)8/h3,5-6H,1,4,8-9H2,2H3. The lowest BCUT2D eigenvalue weighted by molar-refractivity contribution is -0.138. The van der Waals surface area contributed by atoms with E-state index in [4.69, 9.17) is 11.5 Å². The zero-order chi connectivity index (χ0) is 8.85. The average molecular weight is 158 g/mol. The number of esters is 1. The van der Waals surface area contributed by atoms with Gasteiger partial charge in [-0.05, 0) is 6.92 Å². The van der Waals surface area contributed by atoms with E-state index in [1.807, 2.05) is 0 Å². The number of ether oxygens (including phenoxy) is 1. The Hall–Kier alpha value is -0.870. The molecular weight excluding hydrogens is 144 g/mol. The fourth-order valence-electron chi connectivity index (χ4n) is 0.389. The van der Waals surface area contributed by atoms with E-state index in [-0.39, 0.29) is 18.7 Å². The molecule has 11 heavy (non-hydrogen) atoms. The largest absolute Gasteiger partial charge is 0.461 e. The molecule has 64 valence electrons. The van der Waals surface area contributed by atoms with Gasteiger partial charge in [0.15, 0.2) is 0 Å². The Morgan fingerprint density at radius 2 is 2.27 bits per heavy atom. The maximum atomic E-state index is 10.5. The highest BCUT2D eigenvalue weighted by Crippen LogP contribution is 1.88. The molecule has 0 aliphatic carbocycles. The second kappa shape index (κ2) is 4.87. The molecule has 4 nitrogen and oxygen atoms in total. The molecule has 2 unspecified atom stereocenters. The van der Waals surface area contributed by atoms with E-state index in [0.29, 0.717) is 0 Å². The van der Waals surface area contributed by atoms with Crippen molar-refractivity contribution in [1.82, 2.24) is 0 Å². The molecule has 0 aromatic carbocycles. The van der Waals surface area contributed by atoms with Crippen molar-refractivity contribution in [3.05, 3.63) is 12.7 Å². The second-order valence-electron chi connectivity index (χ2n) is 2.36. The zero-order valence-electron chi connectivity index (χ0n) is 6.62. The van der Waals surface area contributed by atoms with Crippen molar-refractivity contribution in [2.45, 2.75) is 19.0 Å². The van der Waals surface area contributed by atoms with Gasteiger partial charge in [-0.1, -0.05) is 6.58 Å². The summed E-state index contributed by atoms with van der Waals surface area (Å²) in [6.07, 6.45) is 1.09. The fraction of sp³-hybridized carbons (Fsp3) is 0.571. The molecule has 0 saturated carbocycles. The van der Waals surface area contributed by atoms with Crippen molar-refractivity contribution in [3.8, 4) is 0 Å². The van der Waals surface area contributed by atoms with Gasteiger partial charge in [-0.25, -0.2) is 4.79 Å². The van der Waals surface area contributed by atoms with Gasteiger partial charge in [0, 0.05) is 12.1 Å². The third-order valence-corrected chi connectivity index (χ3v) is 1.26. The van der Waals surface area contributed by atoms with Gasteiger partial charge in [0.2, 0.25) is 0 Å². The van der Waals surface area contributed by atoms with E-state index >= 15 is 0 Å². The first-order valence-electron chi connectivity index (χ1n) is 3.38. The minimum atomic E-state index is -0.471. The van der Waals surface area contributed by atoms with Crippen molar-refractivity contribution in [3.63, 3.8) is 0 Å². The van der Waals surface area contributed by atoms with Crippen LogP contribution in [0.25, 0.3) is 0 Å². The smallest absolute Gasteiger partial charge is 0.330 e. The van der Waals surface area contributed by atoms with E-state index in [9.17, 15) is 4.79 Å². The first-order chi connectivity index (χ1) is 5.07. The second-order valence-corrected chi connectivity index (χ2v) is 2.36. The Labute approximate surface area is 66.2 Å². The lowest BCUT2D eigenvalue weighted by atomic mass is 10.2. The van der Waals surface area contributed by atoms with Crippen LogP contribution in [0.3, 0.4) is 0 Å². The molecule has 0 rings (SSSR count). The maximum absolute atomic E-state index is 10.5. The van der Waals surface area contributed by atoms with Crippen LogP contribution in [0, 0.1) is 0 Å². The highest BCUT2D eigenvalue weighted by atomic mass is 16.5. The summed E-state index contributed by atoms with van der Waals surface area (Å²) in [5, 5.41) is 0. The molecule has 2 atom stereocenters. The number of nitrogens with two attached hydrogens (primary N) is 2. The van der Waals surface area contributed by atoms with Crippen LogP contribution in [0.1, 0.15) is 6.92 Å². The lowest BCUT2D eigenvalue weighted by Crippen LogP contribution is -2.42. The number of rotatable bonds is 4. The van der Waals surface area contributed by atoms with Crippen LogP contribution in [0.2, 0.25) is 0 Å². The van der Waals surface area contributed by atoms with Crippen LogP contribution in [-0.4, -0.2) is 24.7 Å². The third kappa shape index (κ3) is 4.52. The Kier molecular flexibility index (Phi) is 4.49. The molecule has 0 amide bonds. The molecule has 0 saturated heterocycles. The molecule has 0 spiro atoms. The van der Waals surface area contributed by atoms with Gasteiger partial charge in [0.05, 0.1) is 6.04 Å². The normalized spacial score (nSPS) is 15.2. The van der Waals surface area contributed by atoms with Gasteiger partial charge in [0.25, 0.3) is 0 Å². The highest BCUT2D eigenvalue weighted by Gasteiger charge is 2.09. The van der Waals surface area contributed by atoms with Crippen molar-refractivity contribution < 1.29 is 9.53 Å². The van der Waals surface area contributed by atoms with E-state index in [0.717, 1.165) is 6.08 Å². The molecule has 0 aliphatic rings. The van der Waals surface area contributed by atoms with Crippen LogP contribution in [0.5, 0.6) is 0 Å². The zero-order valence-corrected chi connectivity index (χ0v) is 6.62. The Balaban J connectivity index is 3.53. The number of hydrogen-bond donors (Lipinski definition) is 2. The summed E-state index contributed by atoms with van der Waals surface area (Å²) < 4.78 is 4.65. The van der Waals surface area contributed by atoms with Gasteiger partial charge in [0.1, 0.15) is 6.61 Å². The van der Waals surface area contributed by atoms with E-state index in [1.54, 1.807) is 6.92 Å². The van der Waals surface area contributed by atoms with Gasteiger partial charge >= 0.3 is 5.97 Å². The average Bonchev–Trinajstić information content (AvgIpc) is 1.99. The molecule has 4 heteroatoms. The molecule has 0 aromatic heterocycles. The van der Waals surface area contributed by atoms with Crippen molar-refractivity contribution in [1.29, 1.82) is 0 Å². The van der Waals surface area contributed by atoms with Crippen LogP contribution >= 0.6 is 0 Å². The minimum absolute atomic E-state index is 0.141. The highest BCUT2D eigenvalue weighted by molar-refractivity contribution is 5.81. The number of hydrogen-bond acceptors (Lipinski definition) is 4. The van der Waals surface area contributed by atoms with Crippen LogP contribution in [0.15, 0.2) is 12.7 Å². The minimum Gasteiger partial charge on any atom is -0.461 e. The van der Waals surface area contributed by atoms with Crippen LogP contribution < -0.4 is 11.5 Å². The molecule has 4 N–H and O–H groups in total. The van der Waals surface area contributed by atoms with Crippen molar-refractivity contribution >= 4 is 5.97 Å². The summed E-state index contributed by atoms with van der Waals surface area (Å²) in [6.45, 7) is 5.13. The molecule has 0 fully saturated rings. The lowest BCUT2D eigenvalue weighted by Gasteiger charge is -2.14. The van der Waals surface area contributed by atoms with Gasteiger partial charge in [-0.2, -0.15) is 0 Å². The summed E-state index contributed by atoms with van der Waals surface area (Å²) in [4.78, 5) is 10.5. The van der Waals surface area contributed by atoms with Crippen molar-refractivity contribution in [2.75, 3.05) is 6.61 Å². The maximum Gasteiger partial charge on any atom is 0.330 e. The quantitative estimate of drug-likeness (QED) is 0.422. The molecule has 0 aromatic rings. The summed E-state index contributed by atoms with van der Waals surface area (Å²) >= 11 is 0. The first-order valence-corrected chi connectivity index (χ1v) is 3.38. The molecule has 0 aliphatic heterocycles. The third-order valence-electron chi connectivity index (χ3n) is 1.26. The Morgan fingerprint density at radius 1 is 1.73 bits per heavy atom. The summed E-state index contributed by atoms with van der Waals surface area (Å²) in [5.74, 6) is -0.471. The molecular formula is C7H14N2O2. The predicted molar refractivity (Wildman–Crippen MR) is 42.8 cm³/mol. The summed E-state index contributed by atoms with van der Waals surface area (Å²) in [6, 6.07) is -0.480. The molecule has 0 heterocycles. The summed E-state index contributed by atoms with van der Waals surface area (Å²) in [5.41, 5.74) is 10.9. The monoisotopic (exact) mass is 158 g/mol.